The van der Waals surface area contributed by atoms with Crippen molar-refractivity contribution in [2.45, 2.75) is 12.2 Å². The summed E-state index contributed by atoms with van der Waals surface area (Å²) in [6, 6.07) is 0. The number of likely N-dealkylation sites (N-methyl/N-ethyl adjacent to an activating group) is 1. The van der Waals surface area contributed by atoms with E-state index < -0.39 is 11.2 Å². The predicted molar refractivity (Wildman–Crippen MR) is 62.9 cm³/mol. The standard InChI is InChI=1S/C9H16N2O2S2/c1-7(8(12)13)15-9(14)11-5-3-10(2)4-6-11/h7H,3-6H2,1-2H3,(H,12,13)/t7-/m0/s1. The van der Waals surface area contributed by atoms with Crippen LogP contribution in [0.4, 0.5) is 0 Å². The summed E-state index contributed by atoms with van der Waals surface area (Å²) in [6.07, 6.45) is 0. The Kier molecular flexibility index (Phi) is 4.82. The largest absolute Gasteiger partial charge is 0.549 e. The second-order valence-corrected chi connectivity index (χ2v) is 5.76. The number of aliphatic carboxylic acids is 1. The SMILES string of the molecule is C[C@H](SC(=S)N1CC[NH+](C)CC1)C(=O)[O-]. The fourth-order valence-corrected chi connectivity index (χ4v) is 2.69. The average molecular weight is 248 g/mol. The van der Waals surface area contributed by atoms with Crippen LogP contribution in [-0.4, -0.2) is 53.7 Å². The maximum atomic E-state index is 10.6. The number of rotatable bonds is 2. The van der Waals surface area contributed by atoms with Gasteiger partial charge >= 0.3 is 0 Å². The maximum Gasteiger partial charge on any atom is 0.137 e. The number of carboxylic acid groups (broad SMARTS) is 1. The first-order valence-corrected chi connectivity index (χ1v) is 6.27. The molecule has 0 spiro atoms. The van der Waals surface area contributed by atoms with E-state index in [9.17, 15) is 9.90 Å². The van der Waals surface area contributed by atoms with Gasteiger partial charge in [-0.25, -0.2) is 0 Å². The molecule has 0 saturated carbocycles. The molecule has 0 aliphatic carbocycles. The van der Waals surface area contributed by atoms with Crippen molar-refractivity contribution in [3.05, 3.63) is 0 Å². The van der Waals surface area contributed by atoms with Crippen LogP contribution in [0.5, 0.6) is 0 Å². The molecule has 1 fully saturated rings. The predicted octanol–water partition coefficient (Wildman–Crippen LogP) is -2.03. The highest BCUT2D eigenvalue weighted by atomic mass is 32.2. The van der Waals surface area contributed by atoms with Gasteiger partial charge in [-0.3, -0.25) is 0 Å². The normalized spacial score (nSPS) is 20.0. The molecule has 0 radical (unpaired) electrons. The third-order valence-corrected chi connectivity index (χ3v) is 4.04. The molecule has 15 heavy (non-hydrogen) atoms. The number of nitrogens with one attached hydrogen (secondary N) is 1. The van der Waals surface area contributed by atoms with Crippen molar-refractivity contribution in [2.75, 3.05) is 33.2 Å². The Labute approximate surface area is 99.6 Å². The number of hydrogen-bond acceptors (Lipinski definition) is 4. The van der Waals surface area contributed by atoms with E-state index in [0.717, 1.165) is 26.2 Å². The van der Waals surface area contributed by atoms with Crippen LogP contribution in [0.15, 0.2) is 0 Å². The highest BCUT2D eigenvalue weighted by Gasteiger charge is 2.20. The van der Waals surface area contributed by atoms with E-state index in [1.165, 1.54) is 16.7 Å². The Morgan fingerprint density at radius 3 is 2.53 bits per heavy atom. The Bertz CT molecular complexity index is 252. The quantitative estimate of drug-likeness (QED) is 0.571. The van der Waals surface area contributed by atoms with E-state index in [0.29, 0.717) is 4.32 Å². The summed E-state index contributed by atoms with van der Waals surface area (Å²) in [5, 5.41) is 9.99. The number of piperazine rings is 1. The fourth-order valence-electron chi connectivity index (χ4n) is 1.34. The molecule has 6 heteroatoms. The number of thiocarbonyl (C=S) groups is 1. The number of carbonyl (C=O) groups is 1. The molecule has 0 aromatic rings. The topological polar surface area (TPSA) is 47.8 Å². The van der Waals surface area contributed by atoms with Crippen LogP contribution in [0.25, 0.3) is 0 Å². The van der Waals surface area contributed by atoms with Crippen molar-refractivity contribution < 1.29 is 14.8 Å². The van der Waals surface area contributed by atoms with Crippen LogP contribution in [0.3, 0.4) is 0 Å². The minimum atomic E-state index is -1.05. The van der Waals surface area contributed by atoms with Crippen molar-refractivity contribution in [2.24, 2.45) is 0 Å². The van der Waals surface area contributed by atoms with E-state index in [-0.39, 0.29) is 0 Å². The van der Waals surface area contributed by atoms with Crippen LogP contribution in [-0.2, 0) is 4.79 Å². The van der Waals surface area contributed by atoms with E-state index >= 15 is 0 Å². The van der Waals surface area contributed by atoms with Crippen molar-refractivity contribution in [3.63, 3.8) is 0 Å². The number of thioether (sulfide) groups is 1. The number of quaternary nitrogens is 1. The zero-order valence-electron chi connectivity index (χ0n) is 8.99. The number of hydrogen-bond donors (Lipinski definition) is 1. The van der Waals surface area contributed by atoms with E-state index in [1.54, 1.807) is 6.92 Å². The zero-order valence-corrected chi connectivity index (χ0v) is 10.6. The van der Waals surface area contributed by atoms with Gasteiger partial charge in [-0.2, -0.15) is 0 Å². The molecule has 1 N–H and O–H groups in total. The molecule has 0 aromatic carbocycles. The van der Waals surface area contributed by atoms with Gasteiger partial charge in [-0.1, -0.05) is 24.0 Å². The molecular formula is C9H16N2O2S2. The van der Waals surface area contributed by atoms with E-state index in [4.69, 9.17) is 12.2 Å². The van der Waals surface area contributed by atoms with Gasteiger partial charge in [0.1, 0.15) is 4.32 Å². The first kappa shape index (κ1) is 12.7. The lowest BCUT2D eigenvalue weighted by atomic mass is 10.4. The summed E-state index contributed by atoms with van der Waals surface area (Å²) in [5.41, 5.74) is 0. The number of nitrogens with zero attached hydrogens (tertiary/aromatic N) is 1. The molecule has 4 nitrogen and oxygen atoms in total. The van der Waals surface area contributed by atoms with Gasteiger partial charge in [0.05, 0.1) is 39.2 Å². The molecule has 1 atom stereocenters. The summed E-state index contributed by atoms with van der Waals surface area (Å²) < 4.78 is 0.680. The van der Waals surface area contributed by atoms with Crippen LogP contribution >= 0.6 is 24.0 Å². The molecule has 1 saturated heterocycles. The van der Waals surface area contributed by atoms with E-state index in [2.05, 4.69) is 11.9 Å². The minimum absolute atomic E-state index is 0.565. The molecular weight excluding hydrogens is 232 g/mol. The Morgan fingerprint density at radius 1 is 1.53 bits per heavy atom. The van der Waals surface area contributed by atoms with Gasteiger partial charge < -0.3 is 19.7 Å². The average Bonchev–Trinajstić information content (AvgIpc) is 2.18. The second-order valence-electron chi connectivity index (χ2n) is 3.79. The summed E-state index contributed by atoms with van der Waals surface area (Å²) in [5.74, 6) is -1.05. The Balaban J connectivity index is 2.37. The monoisotopic (exact) mass is 248 g/mol. The van der Waals surface area contributed by atoms with Crippen LogP contribution in [0.2, 0.25) is 0 Å². The van der Waals surface area contributed by atoms with Gasteiger partial charge in [0, 0.05) is 5.25 Å². The maximum absolute atomic E-state index is 10.6. The van der Waals surface area contributed by atoms with Crippen molar-refractivity contribution in [3.8, 4) is 0 Å². The first-order chi connectivity index (χ1) is 7.00. The van der Waals surface area contributed by atoms with Gasteiger partial charge in [-0.05, 0) is 6.92 Å². The van der Waals surface area contributed by atoms with Crippen LogP contribution in [0.1, 0.15) is 6.92 Å². The lowest BCUT2D eigenvalue weighted by molar-refractivity contribution is -0.883. The zero-order chi connectivity index (χ0) is 11.4. The van der Waals surface area contributed by atoms with Crippen molar-refractivity contribution in [1.82, 2.24) is 4.90 Å². The lowest BCUT2D eigenvalue weighted by Gasteiger charge is -2.32. The summed E-state index contributed by atoms with van der Waals surface area (Å²) in [6.45, 7) is 5.54. The molecule has 1 aliphatic heterocycles. The van der Waals surface area contributed by atoms with Crippen LogP contribution in [0, 0.1) is 0 Å². The lowest BCUT2D eigenvalue weighted by Crippen LogP contribution is -3.12. The highest BCUT2D eigenvalue weighted by Crippen LogP contribution is 2.15. The molecule has 0 bridgehead atoms. The van der Waals surface area contributed by atoms with Crippen molar-refractivity contribution >= 4 is 34.3 Å². The summed E-state index contributed by atoms with van der Waals surface area (Å²) >= 11 is 6.40. The molecule has 86 valence electrons. The van der Waals surface area contributed by atoms with E-state index in [1.807, 2.05) is 0 Å². The summed E-state index contributed by atoms with van der Waals surface area (Å²) in [7, 11) is 2.15. The number of carbonyl (C=O) groups excluding carboxylic acids is 1. The molecule has 1 aliphatic rings. The molecule has 1 heterocycles. The number of carboxylic acids is 1. The van der Waals surface area contributed by atoms with Crippen molar-refractivity contribution in [1.29, 1.82) is 0 Å². The van der Waals surface area contributed by atoms with Gasteiger partial charge in [0.2, 0.25) is 0 Å². The van der Waals surface area contributed by atoms with Gasteiger partial charge in [0.15, 0.2) is 0 Å². The first-order valence-electron chi connectivity index (χ1n) is 4.98. The molecule has 0 unspecified atom stereocenters. The highest BCUT2D eigenvalue weighted by molar-refractivity contribution is 8.23. The third kappa shape index (κ3) is 3.96. The summed E-state index contributed by atoms with van der Waals surface area (Å²) in [4.78, 5) is 14.1. The Hall–Kier alpha value is -0.330. The van der Waals surface area contributed by atoms with Gasteiger partial charge in [0.25, 0.3) is 0 Å². The van der Waals surface area contributed by atoms with Crippen LogP contribution < -0.4 is 10.0 Å². The second kappa shape index (κ2) is 5.67. The van der Waals surface area contributed by atoms with Gasteiger partial charge in [-0.15, -0.1) is 0 Å². The third-order valence-electron chi connectivity index (χ3n) is 2.48. The molecule has 0 aromatic heterocycles. The minimum Gasteiger partial charge on any atom is -0.549 e. The Morgan fingerprint density at radius 2 is 2.07 bits per heavy atom. The smallest absolute Gasteiger partial charge is 0.137 e. The molecule has 1 rings (SSSR count). The molecule has 0 amide bonds. The fraction of sp³-hybridized carbons (Fsp3) is 0.778.